The molecule has 18 heavy (non-hydrogen) atoms. The van der Waals surface area contributed by atoms with Crippen molar-refractivity contribution in [1.82, 2.24) is 4.57 Å². The van der Waals surface area contributed by atoms with Gasteiger partial charge in [0.2, 0.25) is 0 Å². The summed E-state index contributed by atoms with van der Waals surface area (Å²) in [4.78, 5) is 0. The van der Waals surface area contributed by atoms with Crippen molar-refractivity contribution in [2.24, 2.45) is 5.73 Å². The fourth-order valence-corrected chi connectivity index (χ4v) is 2.44. The van der Waals surface area contributed by atoms with E-state index in [0.717, 1.165) is 28.8 Å². The van der Waals surface area contributed by atoms with Crippen molar-refractivity contribution < 1.29 is 4.74 Å². The van der Waals surface area contributed by atoms with Crippen LogP contribution in [0.3, 0.4) is 0 Å². The van der Waals surface area contributed by atoms with Crippen LogP contribution in [0.4, 0.5) is 0 Å². The first-order valence-electron chi connectivity index (χ1n) is 5.91. The van der Waals surface area contributed by atoms with E-state index in [-0.39, 0.29) is 0 Å². The molecule has 1 aromatic heterocycles. The van der Waals surface area contributed by atoms with Crippen molar-refractivity contribution >= 4 is 15.9 Å². The number of hydrogen-bond acceptors (Lipinski definition) is 2. The predicted octanol–water partition coefficient (Wildman–Crippen LogP) is 2.81. The molecule has 4 heteroatoms. The Morgan fingerprint density at radius 1 is 1.33 bits per heavy atom. The highest BCUT2D eigenvalue weighted by Crippen LogP contribution is 2.24. The molecule has 1 heterocycles. The fraction of sp³-hybridized carbons (Fsp3) is 0.286. The zero-order valence-corrected chi connectivity index (χ0v) is 12.0. The Labute approximate surface area is 116 Å². The highest BCUT2D eigenvalue weighted by molar-refractivity contribution is 9.10. The molecule has 0 fully saturated rings. The monoisotopic (exact) mass is 308 g/mol. The van der Waals surface area contributed by atoms with E-state index in [4.69, 9.17) is 10.5 Å². The fourth-order valence-electron chi connectivity index (χ4n) is 2.03. The van der Waals surface area contributed by atoms with Crippen LogP contribution < -0.4 is 10.5 Å². The Morgan fingerprint density at radius 2 is 2.17 bits per heavy atom. The van der Waals surface area contributed by atoms with E-state index >= 15 is 0 Å². The van der Waals surface area contributed by atoms with Gasteiger partial charge >= 0.3 is 0 Å². The highest BCUT2D eigenvalue weighted by atomic mass is 79.9. The molecule has 0 spiro atoms. The van der Waals surface area contributed by atoms with Gasteiger partial charge in [0.05, 0.1) is 13.7 Å². The summed E-state index contributed by atoms with van der Waals surface area (Å²) in [5.41, 5.74) is 8.02. The van der Waals surface area contributed by atoms with Crippen LogP contribution in [-0.4, -0.2) is 18.2 Å². The minimum atomic E-state index is 0.666. The molecule has 3 nitrogen and oxygen atoms in total. The van der Waals surface area contributed by atoms with Gasteiger partial charge < -0.3 is 15.0 Å². The van der Waals surface area contributed by atoms with Crippen molar-refractivity contribution in [3.8, 4) is 5.75 Å². The Morgan fingerprint density at radius 3 is 2.89 bits per heavy atom. The summed E-state index contributed by atoms with van der Waals surface area (Å²) in [6.07, 6.45) is 2.97. The Kier molecular flexibility index (Phi) is 4.44. The number of nitrogens with two attached hydrogens (primary N) is 1. The minimum absolute atomic E-state index is 0.666. The SMILES string of the molecule is COc1ccc(Br)cc1Cn1cccc1CCN. The molecule has 0 atom stereocenters. The molecule has 0 amide bonds. The summed E-state index contributed by atoms with van der Waals surface area (Å²) in [7, 11) is 1.70. The third kappa shape index (κ3) is 2.94. The van der Waals surface area contributed by atoms with Gasteiger partial charge in [-0.2, -0.15) is 0 Å². The number of benzene rings is 1. The minimum Gasteiger partial charge on any atom is -0.496 e. The summed E-state index contributed by atoms with van der Waals surface area (Å²) >= 11 is 3.49. The first-order chi connectivity index (χ1) is 8.74. The molecule has 0 saturated heterocycles. The maximum absolute atomic E-state index is 5.62. The molecule has 0 saturated carbocycles. The van der Waals surface area contributed by atoms with Crippen LogP contribution in [-0.2, 0) is 13.0 Å². The van der Waals surface area contributed by atoms with Crippen LogP contribution in [0.2, 0.25) is 0 Å². The van der Waals surface area contributed by atoms with E-state index in [1.165, 1.54) is 5.69 Å². The Bertz CT molecular complexity index is 522. The van der Waals surface area contributed by atoms with Crippen LogP contribution >= 0.6 is 15.9 Å². The van der Waals surface area contributed by atoms with E-state index in [2.05, 4.69) is 44.9 Å². The number of methoxy groups -OCH3 is 1. The second-order valence-electron chi connectivity index (χ2n) is 4.12. The van der Waals surface area contributed by atoms with E-state index in [1.54, 1.807) is 7.11 Å². The quantitative estimate of drug-likeness (QED) is 0.922. The van der Waals surface area contributed by atoms with Crippen LogP contribution in [0.15, 0.2) is 41.0 Å². The molecular weight excluding hydrogens is 292 g/mol. The number of aromatic nitrogens is 1. The van der Waals surface area contributed by atoms with Crippen molar-refractivity contribution in [3.63, 3.8) is 0 Å². The molecule has 1 aromatic carbocycles. The summed E-state index contributed by atoms with van der Waals surface area (Å²) in [6.45, 7) is 1.46. The van der Waals surface area contributed by atoms with Gasteiger partial charge in [0.15, 0.2) is 0 Å². The number of halogens is 1. The normalized spacial score (nSPS) is 10.6. The summed E-state index contributed by atoms with van der Waals surface area (Å²) in [5, 5.41) is 0. The number of ether oxygens (including phenoxy) is 1. The first kappa shape index (κ1) is 13.2. The lowest BCUT2D eigenvalue weighted by molar-refractivity contribution is 0.408. The van der Waals surface area contributed by atoms with Crippen molar-refractivity contribution in [3.05, 3.63) is 52.3 Å². The smallest absolute Gasteiger partial charge is 0.123 e. The average Bonchev–Trinajstić information content (AvgIpc) is 2.78. The third-order valence-corrected chi connectivity index (χ3v) is 3.40. The van der Waals surface area contributed by atoms with E-state index in [0.29, 0.717) is 6.54 Å². The summed E-state index contributed by atoms with van der Waals surface area (Å²) in [6, 6.07) is 10.2. The molecular formula is C14H17BrN2O. The molecule has 2 aromatic rings. The largest absolute Gasteiger partial charge is 0.496 e. The summed E-state index contributed by atoms with van der Waals surface area (Å²) < 4.78 is 8.66. The maximum atomic E-state index is 5.62. The molecule has 0 unspecified atom stereocenters. The molecule has 0 aliphatic carbocycles. The average molecular weight is 309 g/mol. The van der Waals surface area contributed by atoms with Gasteiger partial charge in [0.25, 0.3) is 0 Å². The number of nitrogens with zero attached hydrogens (tertiary/aromatic N) is 1. The van der Waals surface area contributed by atoms with Crippen LogP contribution in [0.1, 0.15) is 11.3 Å². The molecule has 0 bridgehead atoms. The van der Waals surface area contributed by atoms with E-state index in [1.807, 2.05) is 12.1 Å². The number of hydrogen-bond donors (Lipinski definition) is 1. The first-order valence-corrected chi connectivity index (χ1v) is 6.70. The van der Waals surface area contributed by atoms with Crippen LogP contribution in [0, 0.1) is 0 Å². The Balaban J connectivity index is 2.27. The predicted molar refractivity (Wildman–Crippen MR) is 77.0 cm³/mol. The molecule has 0 radical (unpaired) electrons. The molecule has 0 aliphatic rings. The lowest BCUT2D eigenvalue weighted by Crippen LogP contribution is -2.09. The van der Waals surface area contributed by atoms with Crippen molar-refractivity contribution in [2.75, 3.05) is 13.7 Å². The maximum Gasteiger partial charge on any atom is 0.123 e. The topological polar surface area (TPSA) is 40.2 Å². The van der Waals surface area contributed by atoms with Gasteiger partial charge in [-0.15, -0.1) is 0 Å². The zero-order valence-electron chi connectivity index (χ0n) is 10.4. The lowest BCUT2D eigenvalue weighted by atomic mass is 10.2. The summed E-state index contributed by atoms with van der Waals surface area (Å²) in [5.74, 6) is 0.908. The van der Waals surface area contributed by atoms with Crippen LogP contribution in [0.5, 0.6) is 5.75 Å². The lowest BCUT2D eigenvalue weighted by Gasteiger charge is -2.12. The van der Waals surface area contributed by atoms with Gasteiger partial charge in [-0.1, -0.05) is 15.9 Å². The highest BCUT2D eigenvalue weighted by Gasteiger charge is 2.06. The number of rotatable bonds is 5. The second kappa shape index (κ2) is 6.07. The van der Waals surface area contributed by atoms with Gasteiger partial charge in [0, 0.05) is 21.9 Å². The molecule has 2 rings (SSSR count). The van der Waals surface area contributed by atoms with Crippen molar-refractivity contribution in [2.45, 2.75) is 13.0 Å². The van der Waals surface area contributed by atoms with E-state index < -0.39 is 0 Å². The Hall–Kier alpha value is -1.26. The molecule has 2 N–H and O–H groups in total. The third-order valence-electron chi connectivity index (χ3n) is 2.91. The van der Waals surface area contributed by atoms with Gasteiger partial charge in [-0.3, -0.25) is 0 Å². The second-order valence-corrected chi connectivity index (χ2v) is 5.04. The zero-order chi connectivity index (χ0) is 13.0. The van der Waals surface area contributed by atoms with Crippen molar-refractivity contribution in [1.29, 1.82) is 0 Å². The van der Waals surface area contributed by atoms with Gasteiger partial charge in [-0.05, 0) is 43.3 Å². The van der Waals surface area contributed by atoms with Gasteiger partial charge in [0.1, 0.15) is 5.75 Å². The standard InChI is InChI=1S/C14H17BrN2O/c1-18-14-5-4-12(15)9-11(14)10-17-8-2-3-13(17)6-7-16/h2-5,8-9H,6-7,10,16H2,1H3. The molecule has 96 valence electrons. The van der Waals surface area contributed by atoms with Crippen LogP contribution in [0.25, 0.3) is 0 Å². The van der Waals surface area contributed by atoms with E-state index in [9.17, 15) is 0 Å². The van der Waals surface area contributed by atoms with Gasteiger partial charge in [-0.25, -0.2) is 0 Å². The molecule has 0 aliphatic heterocycles.